The molecule has 0 aromatic rings. The van der Waals surface area contributed by atoms with Crippen LogP contribution in [0.1, 0.15) is 0 Å². The Morgan fingerprint density at radius 3 is 1.12 bits per heavy atom. The van der Waals surface area contributed by atoms with Crippen LogP contribution >= 0.6 is 10.2 Å². The normalized spacial score (nSPS) is 21.8. The Bertz CT molecular complexity index is 95.6. The lowest BCUT2D eigenvalue weighted by Gasteiger charge is -2.36. The molecule has 0 unspecified atom stereocenters. The Morgan fingerprint density at radius 2 is 1.12 bits per heavy atom. The molecule has 0 N–H and O–H groups in total. The van der Waals surface area contributed by atoms with Crippen molar-refractivity contribution in [3.63, 3.8) is 0 Å². The minimum Gasteiger partial charge on any atom is -0.215 e. The van der Waals surface area contributed by atoms with Crippen LogP contribution in [0.5, 0.6) is 0 Å². The minimum atomic E-state index is -9.56. The summed E-state index contributed by atoms with van der Waals surface area (Å²) in [6, 6.07) is 0. The number of halogens is 5. The van der Waals surface area contributed by atoms with Crippen LogP contribution in [-0.2, 0) is 5.11 Å². The molecule has 0 amide bonds. The van der Waals surface area contributed by atoms with Gasteiger partial charge in [0.2, 0.25) is 5.94 Å². The fourth-order valence-corrected chi connectivity index (χ4v) is 0. The van der Waals surface area contributed by atoms with Gasteiger partial charge in [-0.1, -0.05) is 19.4 Å². The van der Waals surface area contributed by atoms with Crippen LogP contribution in [0, 0.1) is 0 Å². The standard InChI is InChI=1S/CH2F5OS/c2-8(3,4,5,6)1-7/h1H2. The van der Waals surface area contributed by atoms with E-state index in [-0.39, 0.29) is 0 Å². The van der Waals surface area contributed by atoms with Crippen molar-refractivity contribution in [2.45, 2.75) is 0 Å². The van der Waals surface area contributed by atoms with Crippen LogP contribution in [-0.4, -0.2) is 5.94 Å². The maximum absolute atomic E-state index is 10.6. The highest BCUT2D eigenvalue weighted by atomic mass is 32.5. The highest BCUT2D eigenvalue weighted by Gasteiger charge is 2.63. The molecule has 0 heterocycles. The summed E-state index contributed by atoms with van der Waals surface area (Å²) in [6.07, 6.45) is 0. The Balaban J connectivity index is 4.50. The van der Waals surface area contributed by atoms with Gasteiger partial charge in [-0.15, -0.1) is 0 Å². The molecule has 0 saturated carbocycles. The maximum atomic E-state index is 10.6. The molecular weight excluding hydrogens is 155 g/mol. The van der Waals surface area contributed by atoms with Crippen molar-refractivity contribution in [1.29, 1.82) is 0 Å². The fourth-order valence-electron chi connectivity index (χ4n) is 0. The van der Waals surface area contributed by atoms with Crippen LogP contribution in [0.25, 0.3) is 0 Å². The molecule has 0 spiro atoms. The molecule has 0 aliphatic rings. The zero-order valence-electron chi connectivity index (χ0n) is 3.41. The van der Waals surface area contributed by atoms with Gasteiger partial charge in [0.05, 0.1) is 0 Å². The van der Waals surface area contributed by atoms with Crippen LogP contribution in [0.3, 0.4) is 0 Å². The summed E-state index contributed by atoms with van der Waals surface area (Å²) in [5.41, 5.74) is 0. The van der Waals surface area contributed by atoms with Crippen molar-refractivity contribution < 1.29 is 24.5 Å². The SMILES string of the molecule is [O]CS(F)(F)(F)(F)F. The summed E-state index contributed by atoms with van der Waals surface area (Å²) in [5, 5.41) is 8.77. The number of hydrogen-bond acceptors (Lipinski definition) is 0. The van der Waals surface area contributed by atoms with E-state index in [4.69, 9.17) is 5.11 Å². The summed E-state index contributed by atoms with van der Waals surface area (Å²) in [5.74, 6) is -3.26. The zero-order chi connectivity index (χ0) is 7.12. The van der Waals surface area contributed by atoms with Gasteiger partial charge < -0.3 is 0 Å². The first-order valence-electron chi connectivity index (χ1n) is 1.35. The van der Waals surface area contributed by atoms with E-state index in [9.17, 15) is 19.4 Å². The largest absolute Gasteiger partial charge is 0.309 e. The minimum absolute atomic E-state index is 3.26. The average Bonchev–Trinajstić information content (AvgIpc) is 1.30. The molecule has 53 valence electrons. The van der Waals surface area contributed by atoms with Crippen molar-refractivity contribution in [2.24, 2.45) is 0 Å². The van der Waals surface area contributed by atoms with Gasteiger partial charge in [-0.3, -0.25) is 0 Å². The third kappa shape index (κ3) is 5.96. The summed E-state index contributed by atoms with van der Waals surface area (Å²) in [7, 11) is -9.56. The smallest absolute Gasteiger partial charge is 0.215 e. The Morgan fingerprint density at radius 1 is 1.00 bits per heavy atom. The quantitative estimate of drug-likeness (QED) is 0.521. The Hall–Kier alpha value is -0.0400. The third-order valence-electron chi connectivity index (χ3n) is 0.223. The van der Waals surface area contributed by atoms with Gasteiger partial charge in [0.1, 0.15) is 0 Å². The van der Waals surface area contributed by atoms with E-state index in [1.807, 2.05) is 0 Å². The van der Waals surface area contributed by atoms with E-state index in [1.165, 1.54) is 0 Å². The van der Waals surface area contributed by atoms with Crippen LogP contribution in [0.2, 0.25) is 0 Å². The van der Waals surface area contributed by atoms with Gasteiger partial charge in [0.25, 0.3) is 0 Å². The molecule has 0 rings (SSSR count). The second kappa shape index (κ2) is 0.971. The molecule has 0 bridgehead atoms. The molecule has 1 nitrogen and oxygen atoms in total. The lowest BCUT2D eigenvalue weighted by Crippen LogP contribution is -2.08. The predicted octanol–water partition coefficient (Wildman–Crippen LogP) is 2.67. The fraction of sp³-hybridized carbons (Fsp3) is 1.00. The Kier molecular flexibility index (Phi) is 0.966. The van der Waals surface area contributed by atoms with Gasteiger partial charge in [-0.2, -0.15) is 0 Å². The van der Waals surface area contributed by atoms with E-state index in [0.717, 1.165) is 0 Å². The van der Waals surface area contributed by atoms with E-state index in [0.29, 0.717) is 0 Å². The third-order valence-corrected chi connectivity index (χ3v) is 0.668. The van der Waals surface area contributed by atoms with Gasteiger partial charge >= 0.3 is 10.2 Å². The average molecular weight is 157 g/mol. The van der Waals surface area contributed by atoms with Crippen molar-refractivity contribution in [2.75, 3.05) is 5.94 Å². The van der Waals surface area contributed by atoms with E-state index < -0.39 is 16.2 Å². The molecule has 0 fully saturated rings. The van der Waals surface area contributed by atoms with Crippen LogP contribution < -0.4 is 0 Å². The van der Waals surface area contributed by atoms with E-state index in [1.54, 1.807) is 0 Å². The zero-order valence-corrected chi connectivity index (χ0v) is 4.23. The van der Waals surface area contributed by atoms with Crippen LogP contribution in [0.15, 0.2) is 0 Å². The van der Waals surface area contributed by atoms with Crippen molar-refractivity contribution >= 4 is 10.2 Å². The monoisotopic (exact) mass is 157 g/mol. The van der Waals surface area contributed by atoms with Crippen molar-refractivity contribution in [3.8, 4) is 0 Å². The molecule has 0 aromatic carbocycles. The molecular formula is CH2F5OS. The van der Waals surface area contributed by atoms with Crippen molar-refractivity contribution in [1.82, 2.24) is 0 Å². The van der Waals surface area contributed by atoms with Crippen molar-refractivity contribution in [3.05, 3.63) is 0 Å². The Labute approximate surface area is 41.8 Å². The lowest BCUT2D eigenvalue weighted by molar-refractivity contribution is 0.196. The lowest BCUT2D eigenvalue weighted by atomic mass is 11.7. The summed E-state index contributed by atoms with van der Waals surface area (Å²) < 4.78 is 53.2. The summed E-state index contributed by atoms with van der Waals surface area (Å²) in [4.78, 5) is 0. The molecule has 0 aliphatic carbocycles. The van der Waals surface area contributed by atoms with Gasteiger partial charge in [-0.05, 0) is 0 Å². The molecule has 8 heavy (non-hydrogen) atoms. The molecule has 0 aliphatic heterocycles. The van der Waals surface area contributed by atoms with Gasteiger partial charge in [0, 0.05) is 0 Å². The second-order valence-corrected chi connectivity index (χ2v) is 3.74. The molecule has 0 aromatic heterocycles. The first-order chi connectivity index (χ1) is 3.04. The molecule has 7 heteroatoms. The second-order valence-electron chi connectivity index (χ2n) is 1.25. The first kappa shape index (κ1) is 7.96. The highest BCUT2D eigenvalue weighted by molar-refractivity contribution is 8.45. The molecule has 1 radical (unpaired) electrons. The summed E-state index contributed by atoms with van der Waals surface area (Å²) in [6.45, 7) is 0. The van der Waals surface area contributed by atoms with Gasteiger partial charge in [-0.25, -0.2) is 5.11 Å². The predicted molar refractivity (Wildman–Crippen MR) is 18.7 cm³/mol. The summed E-state index contributed by atoms with van der Waals surface area (Å²) >= 11 is 0. The van der Waals surface area contributed by atoms with Gasteiger partial charge in [0.15, 0.2) is 0 Å². The molecule has 0 atom stereocenters. The van der Waals surface area contributed by atoms with E-state index >= 15 is 0 Å². The highest BCUT2D eigenvalue weighted by Crippen LogP contribution is 2.97. The molecule has 0 saturated heterocycles. The van der Waals surface area contributed by atoms with Crippen LogP contribution in [0.4, 0.5) is 19.4 Å². The number of rotatable bonds is 1. The van der Waals surface area contributed by atoms with E-state index in [2.05, 4.69) is 0 Å². The first-order valence-corrected chi connectivity index (χ1v) is 3.47. The number of hydrogen-bond donors (Lipinski definition) is 0. The maximum Gasteiger partial charge on any atom is 0.309 e. The topological polar surface area (TPSA) is 19.9 Å².